The molecule has 8 rings (SSSR count). The molecule has 0 aliphatic heterocycles. The standard InChI is InChI=1S/C32H12BF24.C26H19N2O2/c34-25(35,36)13-1-14(26(37,38)39)6-21(5-13)33(22-7-15(27(40,41)42)2-16(8-22)28(43,44)45,23-9-17(29(46,47)48)3-18(10-23)30(49,50)51)24-11-19(31(52,53)54)4-20(12-24)32(55,56)57;27-17-19-10-12-22(13-11-19)25(29)16-24-23-9-5-4-6-20(23)14-15-28(24)18-26(30)21-7-2-1-3-8-21/h1-12H;1-15H,16,18H2/q-1;+1. The van der Waals surface area contributed by atoms with Crippen LogP contribution in [0.15, 0.2) is 164 Å². The predicted octanol–water partition coefficient (Wildman–Crippen LogP) is 15.5. The van der Waals surface area contributed by atoms with Crippen molar-refractivity contribution in [2.45, 2.75) is 62.4 Å². The van der Waals surface area contributed by atoms with Gasteiger partial charge in [0.25, 0.3) is 0 Å². The van der Waals surface area contributed by atoms with Crippen LogP contribution in [0.25, 0.3) is 10.8 Å². The van der Waals surface area contributed by atoms with E-state index in [1.807, 2.05) is 59.3 Å². The van der Waals surface area contributed by atoms with Crippen LogP contribution in [0.2, 0.25) is 0 Å². The molecule has 1 aromatic heterocycles. The van der Waals surface area contributed by atoms with Crippen LogP contribution in [0, 0.1) is 11.3 Å². The molecule has 29 heteroatoms. The summed E-state index contributed by atoms with van der Waals surface area (Å²) in [4.78, 5) is 25.8. The van der Waals surface area contributed by atoms with Gasteiger partial charge in [0, 0.05) is 22.6 Å². The van der Waals surface area contributed by atoms with Crippen LogP contribution in [0.5, 0.6) is 0 Å². The maximum absolute atomic E-state index is 14.2. The molecule has 4 nitrogen and oxygen atoms in total. The highest BCUT2D eigenvalue weighted by Gasteiger charge is 2.47. The van der Waals surface area contributed by atoms with E-state index in [0.717, 1.165) is 16.5 Å². The number of carbonyl (C=O) groups is 2. The Morgan fingerprint density at radius 2 is 0.667 bits per heavy atom. The van der Waals surface area contributed by atoms with E-state index >= 15 is 0 Å². The summed E-state index contributed by atoms with van der Waals surface area (Å²) < 4.78 is 343. The first kappa shape index (κ1) is 65.7. The van der Waals surface area contributed by atoms with E-state index in [0.29, 0.717) is 16.7 Å². The lowest BCUT2D eigenvalue weighted by atomic mass is 9.12. The van der Waals surface area contributed by atoms with Crippen LogP contribution >= 0.6 is 0 Å². The largest absolute Gasteiger partial charge is 0.416 e. The van der Waals surface area contributed by atoms with E-state index in [1.54, 1.807) is 36.4 Å². The molecule has 0 atom stereocenters. The van der Waals surface area contributed by atoms with E-state index in [4.69, 9.17) is 5.26 Å². The minimum absolute atomic E-state index is 0.0112. The molecule has 0 aliphatic rings. The smallest absolute Gasteiger partial charge is 0.294 e. The topological polar surface area (TPSA) is 61.8 Å². The van der Waals surface area contributed by atoms with Crippen molar-refractivity contribution in [3.63, 3.8) is 0 Å². The highest BCUT2D eigenvalue weighted by atomic mass is 19.4. The molecule has 8 aromatic rings. The van der Waals surface area contributed by atoms with Crippen LogP contribution in [-0.2, 0) is 62.4 Å². The number of alkyl halides is 24. The van der Waals surface area contributed by atoms with Gasteiger partial charge in [0.1, 0.15) is 6.15 Å². The third kappa shape index (κ3) is 14.9. The first-order chi connectivity index (χ1) is 39.9. The quantitative estimate of drug-likeness (QED) is 0.0593. The molecule has 87 heavy (non-hydrogen) atoms. The van der Waals surface area contributed by atoms with Crippen molar-refractivity contribution in [2.24, 2.45) is 0 Å². The van der Waals surface area contributed by atoms with Crippen molar-refractivity contribution in [3.8, 4) is 6.07 Å². The highest BCUT2D eigenvalue weighted by Crippen LogP contribution is 2.42. The lowest BCUT2D eigenvalue weighted by Gasteiger charge is -2.46. The lowest BCUT2D eigenvalue weighted by molar-refractivity contribution is -0.688. The summed E-state index contributed by atoms with van der Waals surface area (Å²) >= 11 is 0. The van der Waals surface area contributed by atoms with Crippen LogP contribution < -0.4 is 26.4 Å². The fourth-order valence-corrected chi connectivity index (χ4v) is 9.59. The molecule has 0 N–H and O–H groups in total. The molecule has 1 heterocycles. The van der Waals surface area contributed by atoms with Crippen molar-refractivity contribution >= 4 is 50.3 Å². The summed E-state index contributed by atoms with van der Waals surface area (Å²) in [7, 11) is 0. The fraction of sp³-hybridized carbons (Fsp3) is 0.172. The molecule has 0 saturated carbocycles. The molecule has 0 radical (unpaired) electrons. The number of hydrogen-bond donors (Lipinski definition) is 0. The minimum atomic E-state index is -6.13. The number of pyridine rings is 1. The molecular formula is C58H31BF24N2O2. The Labute approximate surface area is 473 Å². The van der Waals surface area contributed by atoms with Crippen LogP contribution in [0.3, 0.4) is 0 Å². The normalized spacial score (nSPS) is 13.0. The zero-order valence-corrected chi connectivity index (χ0v) is 42.9. The van der Waals surface area contributed by atoms with E-state index in [1.165, 1.54) is 0 Å². The minimum Gasteiger partial charge on any atom is -0.294 e. The number of Topliss-reactive ketones (excluding diaryl/α,β-unsaturated/α-hetero) is 2. The molecule has 0 amide bonds. The summed E-state index contributed by atoms with van der Waals surface area (Å²) in [6, 6.07) is 18.8. The SMILES string of the molecule is FC(F)(F)c1cc([B-](c2cc(C(F)(F)F)cc(C(F)(F)F)c2)(c2cc(C(F)(F)F)cc(C(F)(F)F)c2)c2cc(C(F)(F)F)cc(C(F)(F)F)c2)cc(C(F)(F)F)c1.N#Cc1ccc(C(=O)Cc2c3ccccc3cc[n+]2CC(=O)c2ccccc2)cc1. The second kappa shape index (κ2) is 23.4. The van der Waals surface area contributed by atoms with Crippen molar-refractivity contribution in [2.75, 3.05) is 0 Å². The molecule has 0 unspecified atom stereocenters. The van der Waals surface area contributed by atoms with E-state index in [9.17, 15) is 115 Å². The number of nitrogens with zero attached hydrogens (tertiary/aromatic N) is 2. The third-order valence-electron chi connectivity index (χ3n) is 13.6. The Balaban J connectivity index is 0.000000300. The van der Waals surface area contributed by atoms with Gasteiger partial charge in [-0.1, -0.05) is 109 Å². The summed E-state index contributed by atoms with van der Waals surface area (Å²) in [5.74, 6) is -0.0697. The Hall–Kier alpha value is -8.84. The van der Waals surface area contributed by atoms with Crippen molar-refractivity contribution in [3.05, 3.63) is 231 Å². The molecule has 0 spiro atoms. The Morgan fingerprint density at radius 1 is 0.368 bits per heavy atom. The molecule has 0 bridgehead atoms. The van der Waals surface area contributed by atoms with Gasteiger partial charge in [0.05, 0.1) is 62.6 Å². The van der Waals surface area contributed by atoms with Crippen LogP contribution in [-0.4, -0.2) is 17.7 Å². The van der Waals surface area contributed by atoms with Gasteiger partial charge in [0.15, 0.2) is 17.7 Å². The lowest BCUT2D eigenvalue weighted by Crippen LogP contribution is -2.75. The van der Waals surface area contributed by atoms with Gasteiger partial charge in [-0.15, -0.1) is 0 Å². The number of halogens is 24. The van der Waals surface area contributed by atoms with Gasteiger partial charge in [-0.2, -0.15) is 137 Å². The first-order valence-electron chi connectivity index (χ1n) is 24.3. The van der Waals surface area contributed by atoms with E-state index in [-0.39, 0.29) is 24.5 Å². The monoisotopic (exact) mass is 1250 g/mol. The second-order valence-corrected chi connectivity index (χ2v) is 19.3. The number of nitriles is 1. The molecule has 0 fully saturated rings. The summed E-state index contributed by atoms with van der Waals surface area (Å²) in [5.41, 5.74) is -27.7. The van der Waals surface area contributed by atoms with Crippen molar-refractivity contribution < 1.29 is 120 Å². The first-order valence-corrected chi connectivity index (χ1v) is 24.3. The number of ketones is 2. The zero-order valence-electron chi connectivity index (χ0n) is 42.9. The van der Waals surface area contributed by atoms with Crippen molar-refractivity contribution in [1.29, 1.82) is 5.26 Å². The Morgan fingerprint density at radius 3 is 0.977 bits per heavy atom. The third-order valence-corrected chi connectivity index (χ3v) is 13.6. The molecular weight excluding hydrogens is 1220 g/mol. The van der Waals surface area contributed by atoms with Gasteiger partial charge in [-0.3, -0.25) is 9.59 Å². The van der Waals surface area contributed by atoms with E-state index in [2.05, 4.69) is 6.07 Å². The Bertz CT molecular complexity index is 3490. The maximum atomic E-state index is 14.2. The predicted molar refractivity (Wildman–Crippen MR) is 264 cm³/mol. The van der Waals surface area contributed by atoms with Gasteiger partial charge >= 0.3 is 49.4 Å². The number of rotatable bonds is 10. The number of aromatic nitrogens is 1. The molecule has 0 saturated heterocycles. The number of fused-ring (bicyclic) bond motifs is 1. The Kier molecular flexibility index (Phi) is 17.7. The summed E-state index contributed by atoms with van der Waals surface area (Å²) in [6.45, 7) is 0.158. The maximum Gasteiger partial charge on any atom is 0.416 e. The molecule has 0 aliphatic carbocycles. The molecule has 456 valence electrons. The van der Waals surface area contributed by atoms with Crippen LogP contribution in [0.1, 0.15) is 76.5 Å². The average Bonchev–Trinajstić information content (AvgIpc) is 0.717. The van der Waals surface area contributed by atoms with Crippen LogP contribution in [0.4, 0.5) is 105 Å². The summed E-state index contributed by atoms with van der Waals surface area (Å²) in [6.07, 6.45) is -52.8. The summed E-state index contributed by atoms with van der Waals surface area (Å²) in [5, 5.41) is 10.9. The fourth-order valence-electron chi connectivity index (χ4n) is 9.59. The van der Waals surface area contributed by atoms with Gasteiger partial charge in [-0.05, 0) is 47.9 Å². The highest BCUT2D eigenvalue weighted by molar-refractivity contribution is 7.20. The average molecular weight is 1250 g/mol. The van der Waals surface area contributed by atoms with Gasteiger partial charge in [0.2, 0.25) is 12.3 Å². The van der Waals surface area contributed by atoms with Crippen molar-refractivity contribution in [1.82, 2.24) is 0 Å². The number of carbonyl (C=O) groups excluding carboxylic acids is 2. The molecule has 7 aromatic carbocycles. The zero-order chi connectivity index (χ0) is 64.8. The number of benzene rings is 7. The van der Waals surface area contributed by atoms with Gasteiger partial charge < -0.3 is 0 Å². The van der Waals surface area contributed by atoms with E-state index < -0.39 is 195 Å². The number of hydrogen-bond acceptors (Lipinski definition) is 3. The van der Waals surface area contributed by atoms with Gasteiger partial charge in [-0.25, -0.2) is 0 Å². The second-order valence-electron chi connectivity index (χ2n) is 19.3.